The molecule has 2 aromatic rings. The fourth-order valence-corrected chi connectivity index (χ4v) is 4.18. The summed E-state index contributed by atoms with van der Waals surface area (Å²) >= 11 is 6.06. The molecule has 0 aliphatic rings. The van der Waals surface area contributed by atoms with Crippen LogP contribution in [0.3, 0.4) is 0 Å². The van der Waals surface area contributed by atoms with Crippen LogP contribution in [0.5, 0.6) is 0 Å². The summed E-state index contributed by atoms with van der Waals surface area (Å²) in [7, 11) is -3.85. The third-order valence-corrected chi connectivity index (χ3v) is 5.76. The third-order valence-electron chi connectivity index (χ3n) is 2.06. The fraction of sp³-hybridized carbons (Fsp3) is 0.100. The van der Waals surface area contributed by atoms with Crippen molar-refractivity contribution < 1.29 is 21.6 Å². The van der Waals surface area contributed by atoms with E-state index >= 15 is 0 Å². The number of nitrogens with one attached hydrogen (secondary N) is 1. The third kappa shape index (κ3) is 4.77. The van der Waals surface area contributed by atoms with Gasteiger partial charge in [-0.3, -0.25) is 4.72 Å². The monoisotopic (exact) mass is 374 g/mol. The molecule has 2 rings (SSSR count). The molecule has 1 heterocycles. The first-order valence-electron chi connectivity index (χ1n) is 5.16. The number of hydrogen-bond donors (Lipinski definition) is 1. The van der Waals surface area contributed by atoms with Gasteiger partial charge in [0.2, 0.25) is 0 Å². The van der Waals surface area contributed by atoms with Crippen molar-refractivity contribution in [2.45, 2.75) is 14.6 Å². The molecule has 0 aliphatic carbocycles. The topological polar surface area (TPSA) is 59.1 Å². The highest BCUT2D eigenvalue weighted by Crippen LogP contribution is 2.37. The lowest BCUT2D eigenvalue weighted by atomic mass is 10.3. The number of nitrogens with zero attached hydrogens (tertiary/aromatic N) is 1. The van der Waals surface area contributed by atoms with E-state index in [0.717, 1.165) is 17.5 Å². The van der Waals surface area contributed by atoms with E-state index < -0.39 is 15.5 Å². The van der Waals surface area contributed by atoms with Gasteiger partial charge in [-0.1, -0.05) is 22.9 Å². The van der Waals surface area contributed by atoms with Gasteiger partial charge in [0.25, 0.3) is 10.0 Å². The molecule has 0 fully saturated rings. The number of thioether (sulfide) groups is 1. The van der Waals surface area contributed by atoms with Crippen LogP contribution in [0.25, 0.3) is 0 Å². The van der Waals surface area contributed by atoms with E-state index in [2.05, 4.69) is 9.71 Å². The zero-order valence-corrected chi connectivity index (χ0v) is 13.1. The van der Waals surface area contributed by atoms with Gasteiger partial charge in [0.1, 0.15) is 0 Å². The lowest BCUT2D eigenvalue weighted by molar-refractivity contribution is -0.0328. The molecule has 114 valence electrons. The van der Waals surface area contributed by atoms with Gasteiger partial charge in [0, 0.05) is 10.6 Å². The summed E-state index contributed by atoms with van der Waals surface area (Å²) in [6.07, 6.45) is 1.10. The van der Waals surface area contributed by atoms with Crippen molar-refractivity contribution in [1.29, 1.82) is 0 Å². The molecule has 0 atom stereocenters. The minimum atomic E-state index is -4.39. The van der Waals surface area contributed by atoms with Crippen LogP contribution in [0.4, 0.5) is 18.9 Å². The number of sulfonamides is 1. The van der Waals surface area contributed by atoms with Gasteiger partial charge >= 0.3 is 5.51 Å². The number of halogens is 4. The first-order chi connectivity index (χ1) is 9.66. The zero-order valence-electron chi connectivity index (χ0n) is 9.89. The number of aromatic nitrogens is 1. The summed E-state index contributed by atoms with van der Waals surface area (Å²) in [5.74, 6) is 0. The Morgan fingerprint density at radius 3 is 2.33 bits per heavy atom. The first kappa shape index (κ1) is 16.4. The summed E-state index contributed by atoms with van der Waals surface area (Å²) in [6, 6.07) is 4.84. The lowest BCUT2D eigenvalue weighted by Gasteiger charge is -2.08. The van der Waals surface area contributed by atoms with Gasteiger partial charge in [0.15, 0.2) is 8.68 Å². The van der Waals surface area contributed by atoms with Gasteiger partial charge in [-0.25, -0.2) is 13.4 Å². The summed E-state index contributed by atoms with van der Waals surface area (Å²) in [5.41, 5.74) is -4.24. The molecule has 4 nitrogen and oxygen atoms in total. The Hall–Kier alpha value is -0.970. The molecule has 1 N–H and O–H groups in total. The Kier molecular flexibility index (Phi) is 4.71. The van der Waals surface area contributed by atoms with E-state index in [1.54, 1.807) is 0 Å². The van der Waals surface area contributed by atoms with Crippen LogP contribution in [0.1, 0.15) is 0 Å². The molecule has 0 saturated heterocycles. The lowest BCUT2D eigenvalue weighted by Crippen LogP contribution is -2.11. The molecule has 1 aromatic heterocycles. The second kappa shape index (κ2) is 6.03. The van der Waals surface area contributed by atoms with Crippen LogP contribution in [-0.2, 0) is 10.0 Å². The van der Waals surface area contributed by atoms with E-state index in [1.807, 2.05) is 0 Å². The Bertz CT molecular complexity index is 729. The minimum Gasteiger partial charge on any atom is -0.279 e. The van der Waals surface area contributed by atoms with E-state index in [1.165, 1.54) is 24.3 Å². The molecule has 21 heavy (non-hydrogen) atoms. The molecule has 0 unspecified atom stereocenters. The van der Waals surface area contributed by atoms with Crippen molar-refractivity contribution in [3.05, 3.63) is 34.9 Å². The summed E-state index contributed by atoms with van der Waals surface area (Å²) < 4.78 is 62.6. The molecule has 1 aromatic carbocycles. The molecular formula is C10H6ClF3N2O2S3. The Morgan fingerprint density at radius 2 is 1.86 bits per heavy atom. The summed E-state index contributed by atoms with van der Waals surface area (Å²) in [4.78, 5) is 3.58. The van der Waals surface area contributed by atoms with Gasteiger partial charge < -0.3 is 0 Å². The Morgan fingerprint density at radius 1 is 1.24 bits per heavy atom. The zero-order chi connectivity index (χ0) is 15.7. The predicted octanol–water partition coefficient (Wildman–Crippen LogP) is 4.21. The highest BCUT2D eigenvalue weighted by atomic mass is 35.5. The molecule has 0 saturated carbocycles. The molecule has 0 bridgehead atoms. The average Bonchev–Trinajstić information content (AvgIpc) is 2.77. The standard InChI is InChI=1S/C10H6ClF3N2O2S3/c11-9-15-5-8(19-9)21(17,18)16-6-1-3-7(4-2-6)20-10(12,13)14/h1-5,16H. The van der Waals surface area contributed by atoms with Gasteiger partial charge in [-0.05, 0) is 36.0 Å². The van der Waals surface area contributed by atoms with Crippen LogP contribution in [0.15, 0.2) is 39.6 Å². The van der Waals surface area contributed by atoms with E-state index in [-0.39, 0.29) is 31.0 Å². The van der Waals surface area contributed by atoms with Gasteiger partial charge in [0.05, 0.1) is 6.20 Å². The number of thiazole rings is 1. The number of alkyl halides is 3. The number of benzene rings is 1. The Balaban J connectivity index is 2.13. The first-order valence-corrected chi connectivity index (χ1v) is 8.65. The second-order valence-corrected chi connectivity index (χ2v) is 8.27. The molecule has 0 amide bonds. The van der Waals surface area contributed by atoms with Gasteiger partial charge in [-0.15, -0.1) is 0 Å². The van der Waals surface area contributed by atoms with E-state index in [4.69, 9.17) is 11.6 Å². The predicted molar refractivity (Wildman–Crippen MR) is 76.3 cm³/mol. The molecule has 0 aliphatic heterocycles. The maximum Gasteiger partial charge on any atom is 0.446 e. The van der Waals surface area contributed by atoms with Crippen molar-refractivity contribution in [3.63, 3.8) is 0 Å². The number of rotatable bonds is 4. The van der Waals surface area contributed by atoms with Crippen molar-refractivity contribution >= 4 is 50.4 Å². The number of hydrogen-bond acceptors (Lipinski definition) is 5. The normalized spacial score (nSPS) is 12.4. The average molecular weight is 375 g/mol. The molecule has 0 spiro atoms. The van der Waals surface area contributed by atoms with Crippen molar-refractivity contribution in [3.8, 4) is 0 Å². The van der Waals surface area contributed by atoms with Crippen molar-refractivity contribution in [1.82, 2.24) is 4.98 Å². The van der Waals surface area contributed by atoms with Gasteiger partial charge in [-0.2, -0.15) is 13.2 Å². The SMILES string of the molecule is O=S(=O)(Nc1ccc(SC(F)(F)F)cc1)c1cnc(Cl)s1. The second-order valence-electron chi connectivity index (χ2n) is 3.61. The molecule has 0 radical (unpaired) electrons. The van der Waals surface area contributed by atoms with Crippen molar-refractivity contribution in [2.24, 2.45) is 0 Å². The maximum atomic E-state index is 12.2. The van der Waals surface area contributed by atoms with Crippen LogP contribution in [0.2, 0.25) is 4.47 Å². The quantitative estimate of drug-likeness (QED) is 0.814. The Labute approximate surface area is 131 Å². The van der Waals surface area contributed by atoms with Crippen LogP contribution in [0, 0.1) is 0 Å². The maximum absolute atomic E-state index is 12.2. The molecular weight excluding hydrogens is 369 g/mol. The van der Waals surface area contributed by atoms with Crippen LogP contribution in [-0.4, -0.2) is 18.9 Å². The molecule has 11 heteroatoms. The van der Waals surface area contributed by atoms with E-state index in [0.29, 0.717) is 0 Å². The fourth-order valence-electron chi connectivity index (χ4n) is 1.29. The van der Waals surface area contributed by atoms with Crippen LogP contribution < -0.4 is 4.72 Å². The van der Waals surface area contributed by atoms with E-state index in [9.17, 15) is 21.6 Å². The largest absolute Gasteiger partial charge is 0.446 e. The summed E-state index contributed by atoms with van der Waals surface area (Å²) in [5, 5.41) is 0. The summed E-state index contributed by atoms with van der Waals surface area (Å²) in [6.45, 7) is 0. The minimum absolute atomic E-state index is 0.0358. The van der Waals surface area contributed by atoms with Crippen LogP contribution >= 0.6 is 34.7 Å². The smallest absolute Gasteiger partial charge is 0.279 e. The van der Waals surface area contributed by atoms with Crippen molar-refractivity contribution in [2.75, 3.05) is 4.72 Å². The highest BCUT2D eigenvalue weighted by Gasteiger charge is 2.29. The highest BCUT2D eigenvalue weighted by molar-refractivity contribution is 8.00. The number of anilines is 1.